The lowest BCUT2D eigenvalue weighted by Crippen LogP contribution is -2.60. The van der Waals surface area contributed by atoms with E-state index < -0.39 is 90.3 Å². The number of nitrogens with one attached hydrogen (secondary N) is 7. The van der Waals surface area contributed by atoms with Gasteiger partial charge < -0.3 is 70.0 Å². The first-order chi connectivity index (χ1) is 29.9. The van der Waals surface area contributed by atoms with Crippen molar-refractivity contribution in [3.05, 3.63) is 36.0 Å². The molecule has 0 fully saturated rings. The van der Waals surface area contributed by atoms with Crippen molar-refractivity contribution in [2.75, 3.05) is 37.5 Å². The second-order valence-corrected chi connectivity index (χ2v) is 16.7. The third kappa shape index (κ3) is 19.0. The third-order valence-electron chi connectivity index (χ3n) is 9.80. The predicted molar refractivity (Wildman–Crippen MR) is 245 cm³/mol. The fourth-order valence-corrected chi connectivity index (χ4v) is 7.01. The highest BCUT2D eigenvalue weighted by Crippen LogP contribution is 2.20. The molecule has 0 aliphatic carbocycles. The second-order valence-electron chi connectivity index (χ2n) is 15.4. The van der Waals surface area contributed by atoms with Gasteiger partial charge in [-0.1, -0.05) is 32.0 Å². The quantitative estimate of drug-likeness (QED) is 0.0173. The molecule has 63 heavy (non-hydrogen) atoms. The van der Waals surface area contributed by atoms with E-state index in [1.54, 1.807) is 18.5 Å². The molecule has 1 aromatic carbocycles. The zero-order valence-electron chi connectivity index (χ0n) is 36.1. The number of aliphatic carboxylic acids is 1. The number of aliphatic imine (C=N–C) groups is 1. The molecule has 17 N–H and O–H groups in total. The standard InChI is InChI=1S/C40H66N12O9S2/c1-22(2)17-30(36(57)49-29(39(60)61)11-6-7-14-41)50-34(55)27(12-8-15-45-40(43)44)47-35(56)28(13-16-63-3)48-37(58)31(18-23-19-46-26-10-5-4-9-24(23)26)51-38(59)32(20-53)52-33(54)25(42)21-62/h4-5,9-10,19,22,25,27-32,46,53,62H,6-8,11-18,20-21,41-42H2,1-3H3,(H,47,56)(H,48,58)(H,49,57)(H,50,55)(H,51,59)(H,52,54)(H,60,61)(H4,43,44,45)/t25-,27-,28-,29-,30-,31-,32-/m0/s1. The third-order valence-corrected chi connectivity index (χ3v) is 10.8. The number of hydrogen-bond donors (Lipinski definition) is 14. The van der Waals surface area contributed by atoms with Gasteiger partial charge in [0.05, 0.1) is 12.6 Å². The summed E-state index contributed by atoms with van der Waals surface area (Å²) in [5, 5.41) is 36.2. The number of aromatic nitrogens is 1. The normalized spacial score (nSPS) is 14.5. The summed E-state index contributed by atoms with van der Waals surface area (Å²) in [6.45, 7) is 3.27. The number of benzene rings is 1. The molecule has 0 unspecified atom stereocenters. The Bertz CT molecular complexity index is 1850. The number of unbranched alkanes of at least 4 members (excludes halogenated alkanes) is 1. The summed E-state index contributed by atoms with van der Waals surface area (Å²) in [5.41, 5.74) is 23.7. The molecule has 2 rings (SSSR count). The number of H-pyrrole nitrogens is 1. The van der Waals surface area contributed by atoms with Crippen LogP contribution in [0.2, 0.25) is 0 Å². The van der Waals surface area contributed by atoms with Crippen LogP contribution < -0.4 is 54.8 Å². The van der Waals surface area contributed by atoms with Crippen LogP contribution in [0.1, 0.15) is 64.4 Å². The lowest BCUT2D eigenvalue weighted by Gasteiger charge is -2.28. The largest absolute Gasteiger partial charge is 0.480 e. The van der Waals surface area contributed by atoms with Gasteiger partial charge in [-0.2, -0.15) is 24.4 Å². The first kappa shape index (κ1) is 54.0. The van der Waals surface area contributed by atoms with E-state index in [-0.39, 0.29) is 62.7 Å². The van der Waals surface area contributed by atoms with Gasteiger partial charge in [0.15, 0.2) is 5.96 Å². The van der Waals surface area contributed by atoms with Crippen LogP contribution in [0.25, 0.3) is 10.9 Å². The molecule has 0 spiro atoms. The smallest absolute Gasteiger partial charge is 0.326 e. The van der Waals surface area contributed by atoms with Crippen LogP contribution in [0, 0.1) is 5.92 Å². The Morgan fingerprint density at radius 2 is 1.30 bits per heavy atom. The van der Waals surface area contributed by atoms with Crippen molar-refractivity contribution >= 4 is 82.7 Å². The van der Waals surface area contributed by atoms with Crippen LogP contribution in [0.4, 0.5) is 0 Å². The number of thioether (sulfide) groups is 1. The molecule has 6 amide bonds. The van der Waals surface area contributed by atoms with E-state index >= 15 is 0 Å². The Kier molecular flexibility index (Phi) is 24.5. The van der Waals surface area contributed by atoms with Crippen LogP contribution >= 0.6 is 24.4 Å². The second kappa shape index (κ2) is 28.6. The molecule has 7 atom stereocenters. The van der Waals surface area contributed by atoms with Crippen molar-refractivity contribution in [3.63, 3.8) is 0 Å². The van der Waals surface area contributed by atoms with Crippen molar-refractivity contribution < 1.29 is 43.8 Å². The maximum atomic E-state index is 14.2. The van der Waals surface area contributed by atoms with E-state index in [1.807, 2.05) is 32.0 Å². The summed E-state index contributed by atoms with van der Waals surface area (Å²) in [5.74, 6) is -5.85. The van der Waals surface area contributed by atoms with E-state index in [4.69, 9.17) is 22.9 Å². The van der Waals surface area contributed by atoms with E-state index in [0.29, 0.717) is 30.7 Å². The van der Waals surface area contributed by atoms with Crippen LogP contribution in [0.3, 0.4) is 0 Å². The van der Waals surface area contributed by atoms with Crippen molar-refractivity contribution in [2.45, 2.75) is 108 Å². The molecule has 0 aliphatic rings. The van der Waals surface area contributed by atoms with Gasteiger partial charge in [-0.25, -0.2) is 4.79 Å². The summed E-state index contributed by atoms with van der Waals surface area (Å²) < 4.78 is 0. The summed E-state index contributed by atoms with van der Waals surface area (Å²) in [7, 11) is 0. The minimum Gasteiger partial charge on any atom is -0.480 e. The number of aliphatic hydroxyl groups excluding tert-OH is 1. The summed E-state index contributed by atoms with van der Waals surface area (Å²) in [4.78, 5) is 101. The first-order valence-electron chi connectivity index (χ1n) is 20.8. The van der Waals surface area contributed by atoms with Crippen molar-refractivity contribution in [2.24, 2.45) is 33.8 Å². The van der Waals surface area contributed by atoms with Crippen molar-refractivity contribution in [1.29, 1.82) is 0 Å². The molecular weight excluding hydrogens is 857 g/mol. The fourth-order valence-electron chi connectivity index (χ4n) is 6.38. The number of aromatic amines is 1. The molecule has 21 nitrogen and oxygen atoms in total. The Morgan fingerprint density at radius 1 is 0.762 bits per heavy atom. The minimum absolute atomic E-state index is 0.00516. The van der Waals surface area contributed by atoms with Gasteiger partial charge in [0.25, 0.3) is 0 Å². The van der Waals surface area contributed by atoms with Crippen LogP contribution in [0.5, 0.6) is 0 Å². The summed E-state index contributed by atoms with van der Waals surface area (Å²) in [6, 6.07) is -1.54. The minimum atomic E-state index is -1.48. The van der Waals surface area contributed by atoms with Gasteiger partial charge in [-0.05, 0) is 81.0 Å². The predicted octanol–water partition coefficient (Wildman–Crippen LogP) is -2.07. The molecule has 0 bridgehead atoms. The number of amides is 6. The molecule has 1 aromatic heterocycles. The van der Waals surface area contributed by atoms with E-state index in [2.05, 4.69) is 54.5 Å². The number of fused-ring (bicyclic) bond motifs is 1. The molecule has 0 saturated heterocycles. The van der Waals surface area contributed by atoms with Gasteiger partial charge in [-0.3, -0.25) is 33.8 Å². The average molecular weight is 923 g/mol. The molecule has 1 heterocycles. The number of para-hydroxylation sites is 1. The SMILES string of the molecule is CSCC[C@H](NC(=O)[C@H](Cc1c[nH]c2ccccc12)NC(=O)[C@H](CO)NC(=O)[C@@H](N)CS)C(=O)N[C@@H](CCCN=C(N)N)C(=O)N[C@@H](CC(C)C)C(=O)N[C@@H](CCCCN)C(=O)O. The number of carboxylic acid groups (broad SMARTS) is 1. The number of nitrogens with two attached hydrogens (primary N) is 4. The highest BCUT2D eigenvalue weighted by molar-refractivity contribution is 7.98. The van der Waals surface area contributed by atoms with Gasteiger partial charge in [-0.15, -0.1) is 0 Å². The van der Waals surface area contributed by atoms with Crippen LogP contribution in [0.15, 0.2) is 35.5 Å². The number of guanidine groups is 1. The molecule has 352 valence electrons. The Hall–Kier alpha value is -5.10. The van der Waals surface area contributed by atoms with Gasteiger partial charge in [0.1, 0.15) is 36.3 Å². The Morgan fingerprint density at radius 3 is 1.89 bits per heavy atom. The monoisotopic (exact) mass is 922 g/mol. The number of rotatable bonds is 30. The van der Waals surface area contributed by atoms with Crippen LogP contribution in [-0.4, -0.2) is 142 Å². The lowest BCUT2D eigenvalue weighted by atomic mass is 10.0. The van der Waals surface area contributed by atoms with Crippen LogP contribution in [-0.2, 0) is 40.0 Å². The number of hydrogen-bond acceptors (Lipinski definition) is 13. The number of carboxylic acids is 1. The van der Waals surface area contributed by atoms with Crippen molar-refractivity contribution in [1.82, 2.24) is 36.9 Å². The molecule has 2 aromatic rings. The fraction of sp³-hybridized carbons (Fsp3) is 0.600. The number of aliphatic hydroxyl groups is 1. The van der Waals surface area contributed by atoms with E-state index in [9.17, 15) is 43.8 Å². The molecule has 0 saturated carbocycles. The van der Waals surface area contributed by atoms with Gasteiger partial charge >= 0.3 is 5.97 Å². The number of thiol groups is 1. The Balaban J connectivity index is 2.45. The lowest BCUT2D eigenvalue weighted by molar-refractivity contribution is -0.142. The highest BCUT2D eigenvalue weighted by atomic mass is 32.2. The van der Waals surface area contributed by atoms with E-state index in [0.717, 1.165) is 10.9 Å². The Labute approximate surface area is 377 Å². The van der Waals surface area contributed by atoms with E-state index in [1.165, 1.54) is 11.8 Å². The first-order valence-corrected chi connectivity index (χ1v) is 22.8. The maximum Gasteiger partial charge on any atom is 0.326 e. The number of carbonyl (C=O) groups is 7. The molecular formula is C40H66N12O9S2. The van der Waals surface area contributed by atoms with Crippen molar-refractivity contribution in [3.8, 4) is 0 Å². The number of carbonyl (C=O) groups excluding carboxylic acids is 6. The average Bonchev–Trinajstić information content (AvgIpc) is 3.65. The summed E-state index contributed by atoms with van der Waals surface area (Å²) >= 11 is 5.39. The van der Waals surface area contributed by atoms with Gasteiger partial charge in [0.2, 0.25) is 35.4 Å². The zero-order valence-corrected chi connectivity index (χ0v) is 37.8. The molecule has 23 heteroatoms. The topological polar surface area (TPSA) is 364 Å². The summed E-state index contributed by atoms with van der Waals surface area (Å²) in [6.07, 6.45) is 4.97. The van der Waals surface area contributed by atoms with Gasteiger partial charge in [0, 0.05) is 35.8 Å². The highest BCUT2D eigenvalue weighted by Gasteiger charge is 2.34. The number of nitrogens with zero attached hydrogens (tertiary/aromatic N) is 1. The maximum absolute atomic E-state index is 14.2. The molecule has 0 radical (unpaired) electrons. The molecule has 0 aliphatic heterocycles. The zero-order chi connectivity index (χ0) is 47.1.